The van der Waals surface area contributed by atoms with E-state index in [0.717, 1.165) is 16.7 Å². The largest absolute Gasteiger partial charge is 0.354 e. The van der Waals surface area contributed by atoms with Crippen LogP contribution in [0.3, 0.4) is 0 Å². The fraction of sp³-hybridized carbons (Fsp3) is 0.286. The molecule has 2 amide bonds. The number of carbonyl (C=O) groups excluding carboxylic acids is 2. The van der Waals surface area contributed by atoms with Gasteiger partial charge >= 0.3 is 0 Å². The molecule has 1 N–H and O–H groups in total. The number of nitrogens with one attached hydrogen (secondary N) is 1. The number of benzene rings is 3. The lowest BCUT2D eigenvalue weighted by atomic mass is 10.0. The summed E-state index contributed by atoms with van der Waals surface area (Å²) in [4.78, 5) is 28.8. The highest BCUT2D eigenvalue weighted by Crippen LogP contribution is 2.25. The van der Waals surface area contributed by atoms with Crippen LogP contribution in [0, 0.1) is 5.92 Å². The van der Waals surface area contributed by atoms with Gasteiger partial charge in [0.05, 0.1) is 6.42 Å². The van der Waals surface area contributed by atoms with Crippen molar-refractivity contribution in [3.8, 4) is 0 Å². The summed E-state index contributed by atoms with van der Waals surface area (Å²) in [6.45, 7) is 4.76. The third-order valence-corrected chi connectivity index (χ3v) is 6.42. The van der Waals surface area contributed by atoms with Crippen LogP contribution < -0.4 is 5.32 Å². The van der Waals surface area contributed by atoms with Crippen LogP contribution in [0.2, 0.25) is 15.1 Å². The van der Waals surface area contributed by atoms with Gasteiger partial charge in [-0.3, -0.25) is 9.59 Å². The van der Waals surface area contributed by atoms with E-state index in [9.17, 15) is 9.59 Å². The SMILES string of the molecule is CC(C)CNC(=O)[C@H](Cc1ccccc1)N(Cc1ccc(Cl)cc1Cl)C(=O)Cc1ccc(Cl)cc1. The predicted molar refractivity (Wildman–Crippen MR) is 144 cm³/mol. The first-order chi connectivity index (χ1) is 16.7. The zero-order chi connectivity index (χ0) is 25.4. The van der Waals surface area contributed by atoms with Gasteiger partial charge in [-0.05, 0) is 46.9 Å². The summed E-state index contributed by atoms with van der Waals surface area (Å²) in [6.07, 6.45) is 0.507. The van der Waals surface area contributed by atoms with Crippen molar-refractivity contribution in [3.05, 3.63) is 105 Å². The van der Waals surface area contributed by atoms with E-state index < -0.39 is 6.04 Å². The summed E-state index contributed by atoms with van der Waals surface area (Å²) in [5.74, 6) is -0.101. The Kier molecular flexibility index (Phi) is 10.0. The van der Waals surface area contributed by atoms with Crippen LogP contribution in [0.4, 0.5) is 0 Å². The molecular weight excluding hydrogens is 503 g/mol. The Bertz CT molecular complexity index is 1130. The summed E-state index contributed by atoms with van der Waals surface area (Å²) in [5.41, 5.74) is 2.49. The Morgan fingerprint density at radius 3 is 2.14 bits per heavy atom. The van der Waals surface area contributed by atoms with Gasteiger partial charge in [0.1, 0.15) is 6.04 Å². The molecule has 0 bridgehead atoms. The van der Waals surface area contributed by atoms with Gasteiger partial charge in [-0.2, -0.15) is 0 Å². The highest BCUT2D eigenvalue weighted by atomic mass is 35.5. The normalized spacial score (nSPS) is 11.8. The predicted octanol–water partition coefficient (Wildman–Crippen LogP) is 6.60. The van der Waals surface area contributed by atoms with Crippen LogP contribution in [-0.2, 0) is 29.0 Å². The van der Waals surface area contributed by atoms with Gasteiger partial charge in [0.2, 0.25) is 11.8 Å². The van der Waals surface area contributed by atoms with Crippen molar-refractivity contribution >= 4 is 46.6 Å². The van der Waals surface area contributed by atoms with Gasteiger partial charge in [-0.25, -0.2) is 0 Å². The van der Waals surface area contributed by atoms with Crippen LogP contribution in [0.1, 0.15) is 30.5 Å². The lowest BCUT2D eigenvalue weighted by Gasteiger charge is -2.32. The Morgan fingerprint density at radius 1 is 0.857 bits per heavy atom. The Hall–Kier alpha value is -2.53. The highest BCUT2D eigenvalue weighted by molar-refractivity contribution is 6.35. The van der Waals surface area contributed by atoms with Crippen LogP contribution in [0.15, 0.2) is 72.8 Å². The van der Waals surface area contributed by atoms with Gasteiger partial charge in [0, 0.05) is 34.6 Å². The molecule has 0 aliphatic rings. The molecule has 3 aromatic rings. The second kappa shape index (κ2) is 13.0. The van der Waals surface area contributed by atoms with Crippen molar-refractivity contribution in [2.24, 2.45) is 5.92 Å². The van der Waals surface area contributed by atoms with Crippen LogP contribution in [-0.4, -0.2) is 29.3 Å². The molecule has 0 aromatic heterocycles. The lowest BCUT2D eigenvalue weighted by Crippen LogP contribution is -2.51. The summed E-state index contributed by atoms with van der Waals surface area (Å²) in [7, 11) is 0. The molecule has 0 unspecified atom stereocenters. The molecule has 0 spiro atoms. The first kappa shape index (κ1) is 27.1. The zero-order valence-corrected chi connectivity index (χ0v) is 22.1. The van der Waals surface area contributed by atoms with E-state index in [1.807, 2.05) is 56.3 Å². The van der Waals surface area contributed by atoms with Gasteiger partial charge in [0.25, 0.3) is 0 Å². The lowest BCUT2D eigenvalue weighted by molar-refractivity contribution is -0.140. The van der Waals surface area contributed by atoms with E-state index in [0.29, 0.717) is 28.0 Å². The Labute approximate surface area is 222 Å². The molecule has 3 aromatic carbocycles. The van der Waals surface area contributed by atoms with Crippen LogP contribution in [0.25, 0.3) is 0 Å². The molecule has 0 aliphatic carbocycles. The molecular formula is C28H29Cl3N2O2. The van der Waals surface area contributed by atoms with Gasteiger partial charge < -0.3 is 10.2 Å². The van der Waals surface area contributed by atoms with Gasteiger partial charge in [-0.1, -0.05) is 97.2 Å². The number of halogens is 3. The molecule has 184 valence electrons. The minimum absolute atomic E-state index is 0.130. The molecule has 0 fully saturated rings. The van der Waals surface area contributed by atoms with E-state index in [4.69, 9.17) is 34.8 Å². The summed E-state index contributed by atoms with van der Waals surface area (Å²) in [5, 5.41) is 4.57. The average Bonchev–Trinajstić information content (AvgIpc) is 2.83. The number of hydrogen-bond acceptors (Lipinski definition) is 2. The van der Waals surface area contributed by atoms with Crippen LogP contribution >= 0.6 is 34.8 Å². The molecule has 0 saturated heterocycles. The quantitative estimate of drug-likeness (QED) is 0.320. The first-order valence-corrected chi connectivity index (χ1v) is 12.7. The van der Waals surface area contributed by atoms with Crippen molar-refractivity contribution in [3.63, 3.8) is 0 Å². The molecule has 0 radical (unpaired) electrons. The van der Waals surface area contributed by atoms with E-state index in [-0.39, 0.29) is 30.7 Å². The molecule has 3 rings (SSSR count). The molecule has 0 saturated carbocycles. The zero-order valence-electron chi connectivity index (χ0n) is 19.8. The van der Waals surface area contributed by atoms with Crippen molar-refractivity contribution in [1.29, 1.82) is 0 Å². The molecule has 4 nitrogen and oxygen atoms in total. The highest BCUT2D eigenvalue weighted by Gasteiger charge is 2.31. The topological polar surface area (TPSA) is 49.4 Å². The number of hydrogen-bond donors (Lipinski definition) is 1. The van der Waals surface area contributed by atoms with E-state index >= 15 is 0 Å². The maximum atomic E-state index is 13.7. The van der Waals surface area contributed by atoms with Crippen molar-refractivity contribution in [2.45, 2.75) is 39.3 Å². The second-order valence-electron chi connectivity index (χ2n) is 8.91. The Morgan fingerprint density at radius 2 is 1.51 bits per heavy atom. The molecule has 0 heterocycles. The minimum atomic E-state index is -0.720. The number of amides is 2. The van der Waals surface area contributed by atoms with E-state index in [2.05, 4.69) is 5.32 Å². The maximum Gasteiger partial charge on any atom is 0.243 e. The standard InChI is InChI=1S/C28H29Cl3N2O2/c1-19(2)17-32-28(35)26(14-20-6-4-3-5-7-20)33(18-22-10-13-24(30)16-25(22)31)27(34)15-21-8-11-23(29)12-9-21/h3-13,16,19,26H,14-15,17-18H2,1-2H3,(H,32,35)/t26-/m0/s1. The van der Waals surface area contributed by atoms with E-state index in [1.54, 1.807) is 35.2 Å². The fourth-order valence-electron chi connectivity index (χ4n) is 3.69. The van der Waals surface area contributed by atoms with Crippen molar-refractivity contribution in [1.82, 2.24) is 10.2 Å². The molecule has 0 aliphatic heterocycles. The maximum absolute atomic E-state index is 13.7. The molecule has 1 atom stereocenters. The monoisotopic (exact) mass is 530 g/mol. The summed E-state index contributed by atoms with van der Waals surface area (Å²) in [6, 6.07) is 21.3. The van der Waals surface area contributed by atoms with Gasteiger partial charge in [0.15, 0.2) is 0 Å². The van der Waals surface area contributed by atoms with Crippen LogP contribution in [0.5, 0.6) is 0 Å². The second-order valence-corrected chi connectivity index (χ2v) is 10.2. The number of nitrogens with zero attached hydrogens (tertiary/aromatic N) is 1. The summed E-state index contributed by atoms with van der Waals surface area (Å²) >= 11 is 18.6. The van der Waals surface area contributed by atoms with E-state index in [1.165, 1.54) is 0 Å². The average molecular weight is 532 g/mol. The fourth-order valence-corrected chi connectivity index (χ4v) is 4.28. The van der Waals surface area contributed by atoms with Crippen molar-refractivity contribution < 1.29 is 9.59 Å². The summed E-state index contributed by atoms with van der Waals surface area (Å²) < 4.78 is 0. The first-order valence-electron chi connectivity index (χ1n) is 11.5. The number of carbonyl (C=O) groups is 2. The smallest absolute Gasteiger partial charge is 0.243 e. The minimum Gasteiger partial charge on any atom is -0.354 e. The third kappa shape index (κ3) is 8.28. The third-order valence-electron chi connectivity index (χ3n) is 5.58. The molecule has 7 heteroatoms. The molecule has 35 heavy (non-hydrogen) atoms. The number of rotatable bonds is 10. The Balaban J connectivity index is 1.97. The van der Waals surface area contributed by atoms with Gasteiger partial charge in [-0.15, -0.1) is 0 Å². The van der Waals surface area contributed by atoms with Crippen molar-refractivity contribution in [2.75, 3.05) is 6.54 Å².